The lowest BCUT2D eigenvalue weighted by Gasteiger charge is -2.26. The lowest BCUT2D eigenvalue weighted by atomic mass is 10.0. The minimum Gasteiger partial charge on any atom is -0.451 e. The number of fused-ring (bicyclic) bond motifs is 1. The Morgan fingerprint density at radius 3 is 2.41 bits per heavy atom. The van der Waals surface area contributed by atoms with E-state index in [0.29, 0.717) is 37.6 Å². The number of Topliss-reactive ketones (excluding diaryl/α,β-unsaturated/α-hetero) is 1. The molecule has 2 aromatic carbocycles. The number of ketones is 1. The fourth-order valence-electron chi connectivity index (χ4n) is 3.78. The summed E-state index contributed by atoms with van der Waals surface area (Å²) in [5.74, 6) is -1.00. The van der Waals surface area contributed by atoms with Crippen molar-refractivity contribution in [1.29, 1.82) is 0 Å². The van der Waals surface area contributed by atoms with E-state index in [1.54, 1.807) is 6.92 Å². The van der Waals surface area contributed by atoms with Crippen molar-refractivity contribution >= 4 is 32.7 Å². The van der Waals surface area contributed by atoms with Crippen LogP contribution in [-0.4, -0.2) is 61.9 Å². The van der Waals surface area contributed by atoms with Crippen molar-refractivity contribution in [2.24, 2.45) is 0 Å². The summed E-state index contributed by atoms with van der Waals surface area (Å²) in [6, 6.07) is 13.0. The van der Waals surface area contributed by atoms with Crippen molar-refractivity contribution in [2.45, 2.75) is 24.8 Å². The van der Waals surface area contributed by atoms with Crippen LogP contribution in [0.25, 0.3) is 10.9 Å². The van der Waals surface area contributed by atoms with Gasteiger partial charge in [0.25, 0.3) is 0 Å². The standard InChI is InChI=1S/C23H24N2O6S/c1-15-21(19-5-3-4-6-20(19)24-15)22(26)16(2)31-23(27)17-7-9-18(10-8-17)32(28,29)25-11-13-30-14-12-25/h3-10,16,24H,11-14H2,1-2H3. The van der Waals surface area contributed by atoms with Gasteiger partial charge >= 0.3 is 5.97 Å². The Morgan fingerprint density at radius 2 is 1.72 bits per heavy atom. The van der Waals surface area contributed by atoms with E-state index in [0.717, 1.165) is 10.9 Å². The van der Waals surface area contributed by atoms with E-state index in [4.69, 9.17) is 9.47 Å². The van der Waals surface area contributed by atoms with E-state index in [9.17, 15) is 18.0 Å². The fourth-order valence-corrected chi connectivity index (χ4v) is 5.19. The molecular weight excluding hydrogens is 432 g/mol. The number of carbonyl (C=O) groups is 2. The Balaban J connectivity index is 1.47. The lowest BCUT2D eigenvalue weighted by molar-refractivity contribution is 0.0319. The van der Waals surface area contributed by atoms with E-state index in [2.05, 4.69) is 4.98 Å². The molecule has 1 saturated heterocycles. The second-order valence-electron chi connectivity index (χ2n) is 7.62. The van der Waals surface area contributed by atoms with Crippen LogP contribution in [-0.2, 0) is 19.5 Å². The maximum atomic E-state index is 13.0. The number of sulfonamides is 1. The molecule has 8 nitrogen and oxygen atoms in total. The molecule has 1 unspecified atom stereocenters. The number of aromatic amines is 1. The molecule has 9 heteroatoms. The third kappa shape index (κ3) is 4.19. The Bertz CT molecular complexity index is 1260. The number of nitrogens with zero attached hydrogens (tertiary/aromatic N) is 1. The number of aromatic nitrogens is 1. The summed E-state index contributed by atoms with van der Waals surface area (Å²) < 4.78 is 37.4. The van der Waals surface area contributed by atoms with Gasteiger partial charge in [-0.05, 0) is 44.2 Å². The molecule has 2 heterocycles. The summed E-state index contributed by atoms with van der Waals surface area (Å²) >= 11 is 0. The maximum Gasteiger partial charge on any atom is 0.338 e. The minimum absolute atomic E-state index is 0.0921. The molecule has 168 valence electrons. The van der Waals surface area contributed by atoms with Crippen LogP contribution in [0, 0.1) is 6.92 Å². The summed E-state index contributed by atoms with van der Waals surface area (Å²) in [7, 11) is -3.65. The molecule has 1 atom stereocenters. The Morgan fingerprint density at radius 1 is 1.06 bits per heavy atom. The zero-order chi connectivity index (χ0) is 22.9. The molecule has 1 aliphatic heterocycles. The van der Waals surface area contributed by atoms with Gasteiger partial charge < -0.3 is 14.5 Å². The lowest BCUT2D eigenvalue weighted by Crippen LogP contribution is -2.40. The summed E-state index contributed by atoms with van der Waals surface area (Å²) in [6.07, 6.45) is -1.00. The molecule has 0 amide bonds. The number of morpholine rings is 1. The molecule has 1 N–H and O–H groups in total. The molecule has 3 aromatic rings. The van der Waals surface area contributed by atoms with Gasteiger partial charge in [0.2, 0.25) is 15.8 Å². The maximum absolute atomic E-state index is 13.0. The van der Waals surface area contributed by atoms with Crippen LogP contribution in [0.2, 0.25) is 0 Å². The second kappa shape index (κ2) is 8.85. The van der Waals surface area contributed by atoms with Gasteiger partial charge in [-0.2, -0.15) is 4.31 Å². The van der Waals surface area contributed by atoms with Crippen molar-refractivity contribution in [3.63, 3.8) is 0 Å². The molecule has 0 saturated carbocycles. The highest BCUT2D eigenvalue weighted by Crippen LogP contribution is 2.24. The molecular formula is C23H24N2O6S. The number of rotatable bonds is 6. The van der Waals surface area contributed by atoms with E-state index in [1.807, 2.05) is 24.3 Å². The zero-order valence-electron chi connectivity index (χ0n) is 17.8. The number of H-pyrrole nitrogens is 1. The van der Waals surface area contributed by atoms with Gasteiger partial charge in [-0.1, -0.05) is 18.2 Å². The first-order chi connectivity index (χ1) is 15.3. The predicted octanol–water partition coefficient (Wildman–Crippen LogP) is 2.93. The third-order valence-electron chi connectivity index (χ3n) is 5.49. The number of benzene rings is 2. The average Bonchev–Trinajstić information content (AvgIpc) is 3.14. The first-order valence-electron chi connectivity index (χ1n) is 10.3. The van der Waals surface area contributed by atoms with E-state index in [1.165, 1.54) is 35.5 Å². The third-order valence-corrected chi connectivity index (χ3v) is 7.40. The monoisotopic (exact) mass is 456 g/mol. The molecule has 0 spiro atoms. The van der Waals surface area contributed by atoms with Crippen molar-refractivity contribution < 1.29 is 27.5 Å². The van der Waals surface area contributed by atoms with Gasteiger partial charge in [0.1, 0.15) is 0 Å². The highest BCUT2D eigenvalue weighted by Gasteiger charge is 2.27. The second-order valence-corrected chi connectivity index (χ2v) is 9.56. The smallest absolute Gasteiger partial charge is 0.338 e. The molecule has 1 aliphatic rings. The molecule has 0 radical (unpaired) electrons. The van der Waals surface area contributed by atoms with Crippen LogP contribution in [0.4, 0.5) is 0 Å². The number of ether oxygens (including phenoxy) is 2. The van der Waals surface area contributed by atoms with Crippen LogP contribution in [0.5, 0.6) is 0 Å². The molecule has 4 rings (SSSR count). The van der Waals surface area contributed by atoms with Gasteiger partial charge in [-0.15, -0.1) is 0 Å². The Kier molecular flexibility index (Phi) is 6.14. The highest BCUT2D eigenvalue weighted by atomic mass is 32.2. The number of aryl methyl sites for hydroxylation is 1. The molecule has 0 bridgehead atoms. The van der Waals surface area contributed by atoms with Crippen LogP contribution >= 0.6 is 0 Å². The van der Waals surface area contributed by atoms with Crippen molar-refractivity contribution in [1.82, 2.24) is 9.29 Å². The Labute approximate surface area is 186 Å². The molecule has 1 aromatic heterocycles. The van der Waals surface area contributed by atoms with Crippen LogP contribution < -0.4 is 0 Å². The fraction of sp³-hybridized carbons (Fsp3) is 0.304. The number of esters is 1. The summed E-state index contributed by atoms with van der Waals surface area (Å²) in [5, 5.41) is 0.774. The summed E-state index contributed by atoms with van der Waals surface area (Å²) in [5.41, 5.74) is 2.20. The van der Waals surface area contributed by atoms with E-state index < -0.39 is 22.1 Å². The van der Waals surface area contributed by atoms with Gasteiger partial charge in [-0.3, -0.25) is 4.79 Å². The highest BCUT2D eigenvalue weighted by molar-refractivity contribution is 7.89. The topological polar surface area (TPSA) is 106 Å². The van der Waals surface area contributed by atoms with Gasteiger partial charge in [0.15, 0.2) is 6.10 Å². The quantitative estimate of drug-likeness (QED) is 0.452. The summed E-state index contributed by atoms with van der Waals surface area (Å²) in [6.45, 7) is 4.61. The minimum atomic E-state index is -3.65. The van der Waals surface area contributed by atoms with Crippen LogP contribution in [0.3, 0.4) is 0 Å². The number of hydrogen-bond acceptors (Lipinski definition) is 6. The number of carbonyl (C=O) groups excluding carboxylic acids is 2. The normalized spacial score (nSPS) is 16.1. The van der Waals surface area contributed by atoms with Crippen molar-refractivity contribution in [2.75, 3.05) is 26.3 Å². The van der Waals surface area contributed by atoms with Crippen LogP contribution in [0.15, 0.2) is 53.4 Å². The molecule has 0 aliphatic carbocycles. The van der Waals surface area contributed by atoms with Gasteiger partial charge in [0.05, 0.1) is 23.7 Å². The first kappa shape index (κ1) is 22.2. The van der Waals surface area contributed by atoms with E-state index >= 15 is 0 Å². The molecule has 1 fully saturated rings. The number of nitrogens with one attached hydrogen (secondary N) is 1. The largest absolute Gasteiger partial charge is 0.451 e. The SMILES string of the molecule is Cc1[nH]c2ccccc2c1C(=O)C(C)OC(=O)c1ccc(S(=O)(=O)N2CCOCC2)cc1. The van der Waals surface area contributed by atoms with Gasteiger partial charge in [0, 0.05) is 35.2 Å². The molecule has 32 heavy (non-hydrogen) atoms. The zero-order valence-corrected chi connectivity index (χ0v) is 18.6. The average molecular weight is 457 g/mol. The van der Waals surface area contributed by atoms with Crippen molar-refractivity contribution in [3.05, 3.63) is 65.4 Å². The number of para-hydroxylation sites is 1. The van der Waals surface area contributed by atoms with E-state index in [-0.39, 0.29) is 16.2 Å². The Hall–Kier alpha value is -3.01. The number of hydrogen-bond donors (Lipinski definition) is 1. The first-order valence-corrected chi connectivity index (χ1v) is 11.7. The van der Waals surface area contributed by atoms with Gasteiger partial charge in [-0.25, -0.2) is 13.2 Å². The van der Waals surface area contributed by atoms with Crippen LogP contribution in [0.1, 0.15) is 33.3 Å². The summed E-state index contributed by atoms with van der Waals surface area (Å²) in [4.78, 5) is 28.8. The predicted molar refractivity (Wildman–Crippen MR) is 118 cm³/mol. The van der Waals surface area contributed by atoms with Crippen molar-refractivity contribution in [3.8, 4) is 0 Å².